The van der Waals surface area contributed by atoms with E-state index < -0.39 is 37.5 Å². The van der Waals surface area contributed by atoms with E-state index in [9.17, 15) is 30.3 Å². The topological polar surface area (TPSA) is 155 Å². The van der Waals surface area contributed by atoms with Gasteiger partial charge in [-0.05, 0) is 11.1 Å². The molecule has 0 aromatic heterocycles. The number of nitrogens with zero attached hydrogens (tertiary/aromatic N) is 3. The standard InChI is InChI=1S/C10H10.C6H4N4O6/c1-3-9-7-5-6-8-10(9)4-2;7-6-4(9(13)14)1-3(8(11)12)2-5(6)10(15)16/h3-8H,1-2H2;1-2H,7H2. The van der Waals surface area contributed by atoms with Crippen LogP contribution in [-0.4, -0.2) is 14.8 Å². The average Bonchev–Trinajstić information content (AvgIpc) is 2.61. The molecule has 0 bridgehead atoms. The molecule has 0 atom stereocenters. The van der Waals surface area contributed by atoms with Gasteiger partial charge in [-0.15, -0.1) is 0 Å². The van der Waals surface area contributed by atoms with Crippen molar-refractivity contribution in [2.75, 3.05) is 5.73 Å². The number of nitrogen functional groups attached to an aromatic ring is 1. The Morgan fingerprint density at radius 3 is 1.46 bits per heavy atom. The summed E-state index contributed by atoms with van der Waals surface area (Å²) >= 11 is 0. The van der Waals surface area contributed by atoms with E-state index in [-0.39, 0.29) is 0 Å². The van der Waals surface area contributed by atoms with E-state index in [1.54, 1.807) is 0 Å². The van der Waals surface area contributed by atoms with E-state index >= 15 is 0 Å². The molecule has 26 heavy (non-hydrogen) atoms. The molecule has 0 spiro atoms. The third-order valence-electron chi connectivity index (χ3n) is 3.16. The summed E-state index contributed by atoms with van der Waals surface area (Å²) in [4.78, 5) is 28.3. The van der Waals surface area contributed by atoms with Gasteiger partial charge < -0.3 is 5.73 Å². The molecule has 2 aromatic rings. The molecule has 0 fully saturated rings. The fraction of sp³-hybridized carbons (Fsp3) is 0. The van der Waals surface area contributed by atoms with E-state index in [0.29, 0.717) is 12.1 Å². The number of nitro benzene ring substituents is 3. The number of benzene rings is 2. The van der Waals surface area contributed by atoms with Gasteiger partial charge in [0.1, 0.15) is 0 Å². The summed E-state index contributed by atoms with van der Waals surface area (Å²) in [7, 11) is 0. The molecule has 0 unspecified atom stereocenters. The third kappa shape index (κ3) is 4.71. The molecule has 134 valence electrons. The predicted molar refractivity (Wildman–Crippen MR) is 97.4 cm³/mol. The molecule has 0 aliphatic carbocycles. The molecule has 0 saturated heterocycles. The summed E-state index contributed by atoms with van der Waals surface area (Å²) < 4.78 is 0. The first-order chi connectivity index (χ1) is 12.2. The lowest BCUT2D eigenvalue weighted by molar-refractivity contribution is -0.401. The maximum Gasteiger partial charge on any atom is 0.306 e. The van der Waals surface area contributed by atoms with Crippen LogP contribution in [-0.2, 0) is 0 Å². The van der Waals surface area contributed by atoms with E-state index in [0.717, 1.165) is 11.1 Å². The van der Waals surface area contributed by atoms with Crippen molar-refractivity contribution in [3.8, 4) is 0 Å². The number of hydrogen-bond acceptors (Lipinski definition) is 7. The molecule has 0 aliphatic rings. The molecule has 2 aromatic carbocycles. The lowest BCUT2D eigenvalue weighted by Gasteiger charge is -1.98. The fourth-order valence-corrected chi connectivity index (χ4v) is 1.90. The third-order valence-corrected chi connectivity index (χ3v) is 3.16. The highest BCUT2D eigenvalue weighted by atomic mass is 16.6. The van der Waals surface area contributed by atoms with Crippen LogP contribution in [0.4, 0.5) is 22.7 Å². The SMILES string of the molecule is C=Cc1ccccc1C=C.Nc1c([N+](=O)[O-])cc([N+](=O)[O-])cc1[N+](=O)[O-]. The quantitative estimate of drug-likeness (QED) is 0.481. The summed E-state index contributed by atoms with van der Waals surface area (Å²) in [5, 5.41) is 31.3. The number of non-ortho nitro benzene ring substituents is 1. The Balaban J connectivity index is 0.000000289. The molecule has 2 rings (SSSR count). The Labute approximate surface area is 147 Å². The van der Waals surface area contributed by atoms with Crippen LogP contribution >= 0.6 is 0 Å². The van der Waals surface area contributed by atoms with Gasteiger partial charge in [0.15, 0.2) is 5.69 Å². The Morgan fingerprint density at radius 2 is 1.19 bits per heavy atom. The second kappa shape index (κ2) is 8.68. The minimum atomic E-state index is -1.02. The summed E-state index contributed by atoms with van der Waals surface area (Å²) in [5.74, 6) is 0. The van der Waals surface area contributed by atoms with Crippen molar-refractivity contribution in [1.82, 2.24) is 0 Å². The minimum absolute atomic E-state index is 0.572. The van der Waals surface area contributed by atoms with Crippen LogP contribution in [0.3, 0.4) is 0 Å². The maximum atomic E-state index is 10.5. The number of rotatable bonds is 5. The first kappa shape index (κ1) is 20.0. The molecule has 2 N–H and O–H groups in total. The highest BCUT2D eigenvalue weighted by Gasteiger charge is 2.28. The normalized spacial score (nSPS) is 9.38. The van der Waals surface area contributed by atoms with Crippen LogP contribution in [0.15, 0.2) is 49.6 Å². The largest absolute Gasteiger partial charge is 0.387 e. The molecule has 10 nitrogen and oxygen atoms in total. The van der Waals surface area contributed by atoms with Gasteiger partial charge in [-0.2, -0.15) is 0 Å². The van der Waals surface area contributed by atoms with Crippen LogP contribution in [0, 0.1) is 30.3 Å². The lowest BCUT2D eigenvalue weighted by atomic mass is 10.1. The highest BCUT2D eigenvalue weighted by Crippen LogP contribution is 2.35. The van der Waals surface area contributed by atoms with Gasteiger partial charge in [-0.3, -0.25) is 30.3 Å². The maximum absolute atomic E-state index is 10.5. The zero-order valence-corrected chi connectivity index (χ0v) is 13.4. The van der Waals surface area contributed by atoms with E-state index in [1.807, 2.05) is 36.4 Å². The van der Waals surface area contributed by atoms with Crippen molar-refractivity contribution < 1.29 is 14.8 Å². The fourth-order valence-electron chi connectivity index (χ4n) is 1.90. The summed E-state index contributed by atoms with van der Waals surface area (Å²) in [6, 6.07) is 9.16. The van der Waals surface area contributed by atoms with Crippen molar-refractivity contribution in [3.63, 3.8) is 0 Å². The zero-order valence-electron chi connectivity index (χ0n) is 13.4. The van der Waals surface area contributed by atoms with Gasteiger partial charge in [0, 0.05) is 0 Å². The monoisotopic (exact) mass is 358 g/mol. The Kier molecular flexibility index (Phi) is 6.67. The zero-order chi connectivity index (χ0) is 19.9. The smallest absolute Gasteiger partial charge is 0.306 e. The van der Waals surface area contributed by atoms with Crippen LogP contribution in [0.5, 0.6) is 0 Å². The second-order valence-corrected chi connectivity index (χ2v) is 4.71. The van der Waals surface area contributed by atoms with Crippen molar-refractivity contribution in [3.05, 3.63) is 91.0 Å². The number of nitro groups is 3. The van der Waals surface area contributed by atoms with Gasteiger partial charge in [0.05, 0.1) is 26.9 Å². The summed E-state index contributed by atoms with van der Waals surface area (Å²) in [6.07, 6.45) is 3.66. The van der Waals surface area contributed by atoms with Crippen molar-refractivity contribution >= 4 is 34.9 Å². The number of hydrogen-bond donors (Lipinski definition) is 1. The number of anilines is 1. The molecule has 10 heteroatoms. The molecular formula is C16H14N4O6. The van der Waals surface area contributed by atoms with Crippen molar-refractivity contribution in [2.24, 2.45) is 0 Å². The number of nitrogens with two attached hydrogens (primary N) is 1. The van der Waals surface area contributed by atoms with Crippen molar-refractivity contribution in [2.45, 2.75) is 0 Å². The van der Waals surface area contributed by atoms with Crippen LogP contribution in [0.25, 0.3) is 12.2 Å². The Bertz CT molecular complexity index is 832. The molecule has 0 amide bonds. The van der Waals surface area contributed by atoms with Gasteiger partial charge >= 0.3 is 11.4 Å². The second-order valence-electron chi connectivity index (χ2n) is 4.71. The van der Waals surface area contributed by atoms with Crippen molar-refractivity contribution in [1.29, 1.82) is 0 Å². The Hall–Kier alpha value is -4.08. The minimum Gasteiger partial charge on any atom is -0.387 e. The van der Waals surface area contributed by atoms with Gasteiger partial charge in [0.2, 0.25) is 0 Å². The van der Waals surface area contributed by atoms with E-state index in [2.05, 4.69) is 13.2 Å². The predicted octanol–water partition coefficient (Wildman–Crippen LogP) is 3.97. The summed E-state index contributed by atoms with van der Waals surface area (Å²) in [6.45, 7) is 7.38. The average molecular weight is 358 g/mol. The molecule has 0 heterocycles. The first-order valence-electron chi connectivity index (χ1n) is 6.93. The molecule has 0 saturated carbocycles. The van der Waals surface area contributed by atoms with Gasteiger partial charge in [-0.25, -0.2) is 0 Å². The van der Waals surface area contributed by atoms with Crippen LogP contribution in [0.1, 0.15) is 11.1 Å². The molecule has 0 aliphatic heterocycles. The van der Waals surface area contributed by atoms with Crippen LogP contribution < -0.4 is 5.73 Å². The van der Waals surface area contributed by atoms with E-state index in [4.69, 9.17) is 5.73 Å². The van der Waals surface area contributed by atoms with Crippen LogP contribution in [0.2, 0.25) is 0 Å². The Morgan fingerprint density at radius 1 is 0.808 bits per heavy atom. The van der Waals surface area contributed by atoms with Gasteiger partial charge in [0.25, 0.3) is 5.69 Å². The highest BCUT2D eigenvalue weighted by molar-refractivity contribution is 5.74. The van der Waals surface area contributed by atoms with E-state index in [1.165, 1.54) is 0 Å². The molecular weight excluding hydrogens is 344 g/mol. The molecule has 0 radical (unpaired) electrons. The summed E-state index contributed by atoms with van der Waals surface area (Å²) in [5.41, 5.74) is 4.24. The van der Waals surface area contributed by atoms with Gasteiger partial charge in [-0.1, -0.05) is 49.6 Å². The lowest BCUT2D eigenvalue weighted by Crippen LogP contribution is -2.02. The first-order valence-corrected chi connectivity index (χ1v) is 6.93.